The predicted molar refractivity (Wildman–Crippen MR) is 312 cm³/mol. The molecule has 2 aromatic rings. The van der Waals surface area contributed by atoms with Gasteiger partial charge in [-0.15, -0.1) is 0 Å². The van der Waals surface area contributed by atoms with Crippen LogP contribution in [0.2, 0.25) is 0 Å². The quantitative estimate of drug-likeness (QED) is 0.0360. The summed E-state index contributed by atoms with van der Waals surface area (Å²) < 4.78 is 1.64. The molecule has 1 aliphatic heterocycles. The van der Waals surface area contributed by atoms with Gasteiger partial charge in [-0.2, -0.15) is 0 Å². The average molecular weight is 958 g/mol. The van der Waals surface area contributed by atoms with E-state index in [0.717, 1.165) is 80.3 Å². The van der Waals surface area contributed by atoms with Crippen LogP contribution in [-0.2, 0) is 25.7 Å². The Morgan fingerprint density at radius 3 is 0.957 bits per heavy atom. The molecule has 70 heavy (non-hydrogen) atoms. The average Bonchev–Trinajstić information content (AvgIpc) is 3.64. The van der Waals surface area contributed by atoms with Crippen LogP contribution >= 0.6 is 0 Å². The summed E-state index contributed by atoms with van der Waals surface area (Å²) in [7, 11) is 0. The maximum absolute atomic E-state index is 13.0. The Morgan fingerprint density at radius 1 is 0.343 bits per heavy atom. The number of aryl methyl sites for hydroxylation is 4. The van der Waals surface area contributed by atoms with E-state index in [4.69, 9.17) is 0 Å². The van der Waals surface area contributed by atoms with Gasteiger partial charge in [0.15, 0.2) is 0 Å². The number of hydrogen-bond acceptors (Lipinski definition) is 0. The SMILES string of the molecule is CCCCCCCCCCCCCCCCCCCCC#CC1=C(c2cc(CCCCCC)c(C)c(CCCCCC)c2)[N+](=[N-])C(c2cc(CCCCCC)c(C)c(CCCCCC)c2)=C1CCCC. The molecule has 2 aromatic carbocycles. The van der Waals surface area contributed by atoms with Gasteiger partial charge in [-0.1, -0.05) is 246 Å². The van der Waals surface area contributed by atoms with E-state index >= 15 is 0 Å². The van der Waals surface area contributed by atoms with Gasteiger partial charge in [0.05, 0.1) is 0 Å². The summed E-state index contributed by atoms with van der Waals surface area (Å²) in [5.41, 5.74) is 28.5. The predicted octanol–water partition coefficient (Wildman–Crippen LogP) is 22.6. The zero-order valence-corrected chi connectivity index (χ0v) is 47.9. The molecule has 0 aromatic heterocycles. The van der Waals surface area contributed by atoms with Gasteiger partial charge in [0.25, 0.3) is 0 Å². The molecule has 1 aliphatic rings. The van der Waals surface area contributed by atoms with Gasteiger partial charge in [0, 0.05) is 23.1 Å². The van der Waals surface area contributed by atoms with Crippen molar-refractivity contribution >= 4 is 11.4 Å². The van der Waals surface area contributed by atoms with Crippen molar-refractivity contribution in [3.63, 3.8) is 0 Å². The van der Waals surface area contributed by atoms with Crippen molar-refractivity contribution in [1.29, 1.82) is 0 Å². The summed E-state index contributed by atoms with van der Waals surface area (Å²) in [5.74, 6) is 7.61. The minimum absolute atomic E-state index is 0.922. The molecule has 3 rings (SSSR count). The molecular weight excluding hydrogens is 845 g/mol. The van der Waals surface area contributed by atoms with Crippen molar-refractivity contribution in [3.05, 3.63) is 85.5 Å². The van der Waals surface area contributed by atoms with E-state index in [0.29, 0.717) is 0 Å². The molecule has 0 bridgehead atoms. The second kappa shape index (κ2) is 39.6. The Morgan fingerprint density at radius 2 is 0.629 bits per heavy atom. The van der Waals surface area contributed by atoms with Crippen molar-refractivity contribution in [3.8, 4) is 11.8 Å². The lowest BCUT2D eigenvalue weighted by molar-refractivity contribution is -0.345. The van der Waals surface area contributed by atoms with E-state index in [1.54, 1.807) is 4.70 Å². The molecule has 0 aliphatic carbocycles. The van der Waals surface area contributed by atoms with Crippen molar-refractivity contribution in [2.75, 3.05) is 0 Å². The number of benzene rings is 2. The van der Waals surface area contributed by atoms with Gasteiger partial charge in [0.1, 0.15) is 5.57 Å². The summed E-state index contributed by atoms with van der Waals surface area (Å²) in [5, 5.41) is 0. The van der Waals surface area contributed by atoms with Crippen LogP contribution in [0.5, 0.6) is 0 Å². The number of nitrogens with zero attached hydrogens (tertiary/aromatic N) is 2. The maximum atomic E-state index is 13.0. The second-order valence-electron chi connectivity index (χ2n) is 22.1. The molecule has 0 atom stereocenters. The molecule has 2 nitrogen and oxygen atoms in total. The Bertz CT molecular complexity index is 1780. The molecule has 0 N–H and O–H groups in total. The van der Waals surface area contributed by atoms with Crippen molar-refractivity contribution in [2.45, 2.75) is 325 Å². The number of hydrogen-bond donors (Lipinski definition) is 0. The maximum Gasteiger partial charge on any atom is 0.223 e. The third-order valence-electron chi connectivity index (χ3n) is 15.9. The van der Waals surface area contributed by atoms with Crippen molar-refractivity contribution in [2.24, 2.45) is 0 Å². The second-order valence-corrected chi connectivity index (χ2v) is 22.1. The van der Waals surface area contributed by atoms with Gasteiger partial charge in [-0.05, 0) is 142 Å². The highest BCUT2D eigenvalue weighted by molar-refractivity contribution is 5.86. The number of rotatable bonds is 43. The lowest BCUT2D eigenvalue weighted by Gasteiger charge is -2.18. The Hall–Kier alpha value is -2.92. The molecule has 394 valence electrons. The fourth-order valence-corrected chi connectivity index (χ4v) is 11.1. The smallest absolute Gasteiger partial charge is 0.223 e. The van der Waals surface area contributed by atoms with Crippen molar-refractivity contribution in [1.82, 2.24) is 0 Å². The normalized spacial score (nSPS) is 12.8. The molecule has 0 unspecified atom stereocenters. The summed E-state index contributed by atoms with van der Waals surface area (Å²) in [6, 6.07) is 9.87. The first-order valence-corrected chi connectivity index (χ1v) is 31.1. The van der Waals surface area contributed by atoms with Crippen LogP contribution in [-0.4, -0.2) is 4.70 Å². The van der Waals surface area contributed by atoms with E-state index in [2.05, 4.69) is 91.5 Å². The molecule has 2 heteroatoms. The lowest BCUT2D eigenvalue weighted by atomic mass is 9.89. The Kier molecular flexibility index (Phi) is 34.7. The standard InChI is InChI=1S/C68H112N2/c1-9-15-21-26-27-28-29-30-31-32-33-34-35-36-37-38-39-40-41-46-52-66-65(51-20-14-6)67(63-53-59(47-42-22-16-10-2)57(7)60(54-63)48-43-23-17-11-3)70(69)68(66)64-55-61(49-44-24-18-12-4)58(8)62(56-64)50-45-25-19-13-5/h53-56H,9-45,47-51H2,1-8H3. The van der Waals surface area contributed by atoms with E-state index < -0.39 is 0 Å². The minimum atomic E-state index is 0.922. The Balaban J connectivity index is 1.92. The van der Waals surface area contributed by atoms with Crippen LogP contribution in [0.1, 0.15) is 330 Å². The molecule has 0 spiro atoms. The lowest BCUT2D eigenvalue weighted by Crippen LogP contribution is -2.07. The molecule has 0 saturated carbocycles. The zero-order valence-electron chi connectivity index (χ0n) is 47.9. The molecule has 0 radical (unpaired) electrons. The van der Waals surface area contributed by atoms with Crippen LogP contribution in [0.25, 0.3) is 16.9 Å². The highest BCUT2D eigenvalue weighted by atomic mass is 15.2. The first-order valence-electron chi connectivity index (χ1n) is 31.1. The number of allylic oxidation sites excluding steroid dienone is 2. The van der Waals surface area contributed by atoms with Crippen LogP contribution in [0.3, 0.4) is 0 Å². The van der Waals surface area contributed by atoms with Gasteiger partial charge in [-0.25, -0.2) is 4.70 Å². The van der Waals surface area contributed by atoms with Crippen LogP contribution < -0.4 is 0 Å². The first kappa shape index (κ1) is 61.4. The highest BCUT2D eigenvalue weighted by Gasteiger charge is 2.36. The largest absolute Gasteiger partial charge is 0.493 e. The monoisotopic (exact) mass is 957 g/mol. The topological polar surface area (TPSA) is 25.3 Å². The number of unbranched alkanes of at least 4 members (excludes halogenated alkanes) is 31. The first-order chi connectivity index (χ1) is 34.4. The van der Waals surface area contributed by atoms with E-state index in [-0.39, 0.29) is 0 Å². The van der Waals surface area contributed by atoms with Crippen LogP contribution in [0, 0.1) is 25.7 Å². The summed E-state index contributed by atoms with van der Waals surface area (Å²) in [4.78, 5) is 0. The van der Waals surface area contributed by atoms with E-state index in [1.807, 2.05) is 0 Å². The van der Waals surface area contributed by atoms with Crippen LogP contribution in [0.4, 0.5) is 0 Å². The van der Waals surface area contributed by atoms with E-state index in [9.17, 15) is 5.53 Å². The summed E-state index contributed by atoms with van der Waals surface area (Å²) >= 11 is 0. The van der Waals surface area contributed by atoms with Gasteiger partial charge < -0.3 is 5.53 Å². The zero-order chi connectivity index (χ0) is 50.4. The molecule has 0 fully saturated rings. The fraction of sp³-hybridized carbons (Fsp3) is 0.735. The Labute approximate surface area is 436 Å². The van der Waals surface area contributed by atoms with Crippen LogP contribution in [0.15, 0.2) is 35.4 Å². The molecule has 1 heterocycles. The minimum Gasteiger partial charge on any atom is -0.493 e. The molecule has 0 saturated heterocycles. The highest BCUT2D eigenvalue weighted by Crippen LogP contribution is 2.44. The summed E-state index contributed by atoms with van der Waals surface area (Å²) in [6.07, 6.45) is 53.8. The van der Waals surface area contributed by atoms with E-state index in [1.165, 1.54) is 256 Å². The van der Waals surface area contributed by atoms with Crippen molar-refractivity contribution < 1.29 is 4.70 Å². The molecular formula is C68H112N2. The fourth-order valence-electron chi connectivity index (χ4n) is 11.1. The third kappa shape index (κ3) is 23.3. The summed E-state index contributed by atoms with van der Waals surface area (Å²) in [6.45, 7) is 18.6. The van der Waals surface area contributed by atoms with Gasteiger partial charge >= 0.3 is 0 Å². The molecule has 0 amide bonds. The third-order valence-corrected chi connectivity index (χ3v) is 15.9. The van der Waals surface area contributed by atoms with Gasteiger partial charge in [-0.3, -0.25) is 0 Å². The van der Waals surface area contributed by atoms with Gasteiger partial charge in [0.2, 0.25) is 11.4 Å².